The predicted molar refractivity (Wildman–Crippen MR) is 68.8 cm³/mol. The number of halogens is 1. The molecular weight excluding hydrogens is 304 g/mol. The number of carbonyl (C=O) groups is 1. The van der Waals surface area contributed by atoms with Gasteiger partial charge in [0, 0.05) is 22.2 Å². The summed E-state index contributed by atoms with van der Waals surface area (Å²) in [5.74, 6) is 1.14. The minimum Gasteiger partial charge on any atom is -0.411 e. The van der Waals surface area contributed by atoms with Gasteiger partial charge in [0.2, 0.25) is 5.89 Å². The van der Waals surface area contributed by atoms with E-state index < -0.39 is 0 Å². The van der Waals surface area contributed by atoms with Gasteiger partial charge in [-0.2, -0.15) is 0 Å². The first kappa shape index (κ1) is 12.3. The molecular formula is C11H9BrN2O2S. The maximum absolute atomic E-state index is 10.2. The van der Waals surface area contributed by atoms with Gasteiger partial charge in [0.15, 0.2) is 0 Å². The van der Waals surface area contributed by atoms with Crippen LogP contribution in [-0.4, -0.2) is 22.2 Å². The lowest BCUT2D eigenvalue weighted by Crippen LogP contribution is -1.80. The van der Waals surface area contributed by atoms with Crippen LogP contribution in [0.25, 0.3) is 11.5 Å². The Balaban J connectivity index is 2.10. The van der Waals surface area contributed by atoms with E-state index in [1.54, 1.807) is 0 Å². The maximum atomic E-state index is 10.2. The van der Waals surface area contributed by atoms with Crippen molar-refractivity contribution in [2.75, 3.05) is 5.75 Å². The van der Waals surface area contributed by atoms with E-state index in [0.717, 1.165) is 16.3 Å². The number of benzene rings is 1. The number of thioether (sulfide) groups is 1. The van der Waals surface area contributed by atoms with Gasteiger partial charge in [-0.05, 0) is 18.2 Å². The first-order valence-electron chi connectivity index (χ1n) is 4.95. The Morgan fingerprint density at radius 3 is 3.06 bits per heavy atom. The molecule has 0 fully saturated rings. The fourth-order valence-corrected chi connectivity index (χ4v) is 2.22. The Labute approximate surface area is 111 Å². The average Bonchev–Trinajstić information content (AvgIpc) is 2.78. The second kappa shape index (κ2) is 5.97. The fraction of sp³-hybridized carbons (Fsp3) is 0.182. The van der Waals surface area contributed by atoms with Crippen molar-refractivity contribution in [2.45, 2.75) is 11.6 Å². The quantitative estimate of drug-likeness (QED) is 0.482. The summed E-state index contributed by atoms with van der Waals surface area (Å²) >= 11 is 4.77. The molecule has 2 rings (SSSR count). The molecule has 88 valence electrons. The van der Waals surface area contributed by atoms with Crippen molar-refractivity contribution in [1.82, 2.24) is 10.2 Å². The molecule has 1 aromatic carbocycles. The predicted octanol–water partition coefficient (Wildman–Crippen LogP) is 3.18. The molecule has 4 nitrogen and oxygen atoms in total. The summed E-state index contributed by atoms with van der Waals surface area (Å²) in [6.45, 7) is 0. The first-order valence-corrected chi connectivity index (χ1v) is 6.73. The van der Waals surface area contributed by atoms with Crippen LogP contribution < -0.4 is 0 Å². The molecule has 17 heavy (non-hydrogen) atoms. The average molecular weight is 313 g/mol. The van der Waals surface area contributed by atoms with Crippen LogP contribution in [-0.2, 0) is 4.79 Å². The molecule has 0 bridgehead atoms. The van der Waals surface area contributed by atoms with Crippen LogP contribution in [0.15, 0.2) is 38.4 Å². The van der Waals surface area contributed by atoms with Gasteiger partial charge >= 0.3 is 0 Å². The third-order valence-electron chi connectivity index (χ3n) is 1.94. The molecule has 0 amide bonds. The molecule has 6 heteroatoms. The van der Waals surface area contributed by atoms with Crippen LogP contribution in [0.5, 0.6) is 0 Å². The van der Waals surface area contributed by atoms with Crippen molar-refractivity contribution in [2.24, 2.45) is 0 Å². The van der Waals surface area contributed by atoms with E-state index in [2.05, 4.69) is 26.1 Å². The second-order valence-corrected chi connectivity index (χ2v) is 5.15. The van der Waals surface area contributed by atoms with E-state index in [0.29, 0.717) is 23.3 Å². The van der Waals surface area contributed by atoms with Crippen molar-refractivity contribution in [3.05, 3.63) is 28.7 Å². The third kappa shape index (κ3) is 3.41. The van der Waals surface area contributed by atoms with Gasteiger partial charge in [-0.1, -0.05) is 33.8 Å². The van der Waals surface area contributed by atoms with Gasteiger partial charge in [0.1, 0.15) is 6.29 Å². The minimum absolute atomic E-state index is 0.485. The molecule has 0 N–H and O–H groups in total. The van der Waals surface area contributed by atoms with Crippen LogP contribution in [0.4, 0.5) is 0 Å². The first-order chi connectivity index (χ1) is 8.29. The monoisotopic (exact) mass is 312 g/mol. The molecule has 0 aliphatic carbocycles. The topological polar surface area (TPSA) is 56.0 Å². The highest BCUT2D eigenvalue weighted by atomic mass is 79.9. The Kier molecular flexibility index (Phi) is 4.33. The van der Waals surface area contributed by atoms with Crippen LogP contribution in [0.3, 0.4) is 0 Å². The Hall–Kier alpha value is -1.14. The number of aldehydes is 1. The standard InChI is InChI=1S/C11H9BrN2O2S/c12-9-4-1-3-8(7-9)10-13-14-11(16-10)17-6-2-5-15/h1,3-5,7H,2,6H2. The second-order valence-electron chi connectivity index (χ2n) is 3.19. The molecule has 0 spiro atoms. The van der Waals surface area contributed by atoms with E-state index in [-0.39, 0.29) is 0 Å². The van der Waals surface area contributed by atoms with Gasteiger partial charge in [-0.15, -0.1) is 10.2 Å². The van der Waals surface area contributed by atoms with Gasteiger partial charge in [0.05, 0.1) is 0 Å². The van der Waals surface area contributed by atoms with E-state index in [9.17, 15) is 4.79 Å². The van der Waals surface area contributed by atoms with Gasteiger partial charge in [0.25, 0.3) is 5.22 Å². The zero-order valence-electron chi connectivity index (χ0n) is 8.80. The number of carbonyl (C=O) groups excluding carboxylic acids is 1. The van der Waals surface area contributed by atoms with Crippen molar-refractivity contribution < 1.29 is 9.21 Å². The molecule has 0 aliphatic rings. The van der Waals surface area contributed by atoms with Gasteiger partial charge in [-0.25, -0.2) is 0 Å². The maximum Gasteiger partial charge on any atom is 0.276 e. The van der Waals surface area contributed by atoms with E-state index in [1.807, 2.05) is 24.3 Å². The third-order valence-corrected chi connectivity index (χ3v) is 3.28. The summed E-state index contributed by atoms with van der Waals surface area (Å²) in [6.07, 6.45) is 1.36. The fourth-order valence-electron chi connectivity index (χ4n) is 1.20. The van der Waals surface area contributed by atoms with Crippen molar-refractivity contribution in [3.63, 3.8) is 0 Å². The van der Waals surface area contributed by atoms with E-state index in [1.165, 1.54) is 11.8 Å². The summed E-state index contributed by atoms with van der Waals surface area (Å²) in [5, 5.41) is 8.36. The lowest BCUT2D eigenvalue weighted by molar-refractivity contribution is -0.107. The molecule has 1 heterocycles. The lowest BCUT2D eigenvalue weighted by Gasteiger charge is -1.94. The number of hydrogen-bond donors (Lipinski definition) is 0. The van der Waals surface area contributed by atoms with E-state index in [4.69, 9.17) is 4.42 Å². The van der Waals surface area contributed by atoms with E-state index >= 15 is 0 Å². The number of aromatic nitrogens is 2. The molecule has 0 radical (unpaired) electrons. The summed E-state index contributed by atoms with van der Waals surface area (Å²) in [4.78, 5) is 10.2. The van der Waals surface area contributed by atoms with Crippen LogP contribution in [0, 0.1) is 0 Å². The van der Waals surface area contributed by atoms with Crippen LogP contribution in [0.2, 0.25) is 0 Å². The van der Waals surface area contributed by atoms with Crippen LogP contribution >= 0.6 is 27.7 Å². The zero-order chi connectivity index (χ0) is 12.1. The summed E-state index contributed by atoms with van der Waals surface area (Å²) in [5.41, 5.74) is 0.870. The SMILES string of the molecule is O=CCCSc1nnc(-c2cccc(Br)c2)o1. The number of hydrogen-bond acceptors (Lipinski definition) is 5. The minimum atomic E-state index is 0.485. The highest BCUT2D eigenvalue weighted by Gasteiger charge is 2.08. The number of nitrogens with zero attached hydrogens (tertiary/aromatic N) is 2. The van der Waals surface area contributed by atoms with Crippen molar-refractivity contribution in [3.8, 4) is 11.5 Å². The smallest absolute Gasteiger partial charge is 0.276 e. The van der Waals surface area contributed by atoms with Crippen LogP contribution in [0.1, 0.15) is 6.42 Å². The molecule has 0 saturated heterocycles. The molecule has 0 atom stereocenters. The molecule has 0 aliphatic heterocycles. The normalized spacial score (nSPS) is 10.4. The Morgan fingerprint density at radius 2 is 2.29 bits per heavy atom. The van der Waals surface area contributed by atoms with Crippen molar-refractivity contribution in [1.29, 1.82) is 0 Å². The zero-order valence-corrected chi connectivity index (χ0v) is 11.2. The van der Waals surface area contributed by atoms with Crippen molar-refractivity contribution >= 4 is 34.0 Å². The van der Waals surface area contributed by atoms with Gasteiger partial charge < -0.3 is 9.21 Å². The number of rotatable bonds is 5. The lowest BCUT2D eigenvalue weighted by atomic mass is 10.2. The molecule has 0 saturated carbocycles. The highest BCUT2D eigenvalue weighted by molar-refractivity contribution is 9.10. The highest BCUT2D eigenvalue weighted by Crippen LogP contribution is 2.25. The summed E-state index contributed by atoms with van der Waals surface area (Å²) < 4.78 is 6.44. The molecule has 1 aromatic heterocycles. The van der Waals surface area contributed by atoms with Gasteiger partial charge in [-0.3, -0.25) is 0 Å². The summed E-state index contributed by atoms with van der Waals surface area (Å²) in [6, 6.07) is 7.65. The molecule has 2 aromatic rings. The molecule has 0 unspecified atom stereocenters. The Bertz CT molecular complexity index is 516. The largest absolute Gasteiger partial charge is 0.411 e. The Morgan fingerprint density at radius 1 is 1.41 bits per heavy atom. The summed E-state index contributed by atoms with van der Waals surface area (Å²) in [7, 11) is 0.